The van der Waals surface area contributed by atoms with Crippen molar-refractivity contribution in [3.8, 4) is 0 Å². The van der Waals surface area contributed by atoms with Gasteiger partial charge in [-0.1, -0.05) is 73.1 Å². The molecule has 38 heavy (non-hydrogen) atoms. The summed E-state index contributed by atoms with van der Waals surface area (Å²) in [6.07, 6.45) is 0.901. The Morgan fingerprint density at radius 1 is 0.947 bits per heavy atom. The number of carbonyl (C=O) groups excluding carboxylic acids is 2. The van der Waals surface area contributed by atoms with Crippen LogP contribution in [0.4, 0.5) is 5.69 Å². The third kappa shape index (κ3) is 7.14. The number of rotatable bonds is 12. The van der Waals surface area contributed by atoms with Crippen molar-refractivity contribution >= 4 is 39.1 Å². The van der Waals surface area contributed by atoms with Gasteiger partial charge in [-0.3, -0.25) is 13.9 Å². The van der Waals surface area contributed by atoms with E-state index >= 15 is 0 Å². The highest BCUT2D eigenvalue weighted by molar-refractivity contribution is 7.92. The van der Waals surface area contributed by atoms with Gasteiger partial charge in [0.1, 0.15) is 12.6 Å². The van der Waals surface area contributed by atoms with Crippen LogP contribution in [0.15, 0.2) is 83.8 Å². The smallest absolute Gasteiger partial charge is 0.264 e. The Labute approximate surface area is 230 Å². The number of nitrogens with one attached hydrogen (secondary N) is 1. The van der Waals surface area contributed by atoms with Crippen LogP contribution in [0.5, 0.6) is 0 Å². The zero-order valence-electron chi connectivity index (χ0n) is 21.9. The molecule has 3 rings (SSSR count). The van der Waals surface area contributed by atoms with Gasteiger partial charge in [-0.25, -0.2) is 8.42 Å². The first kappa shape index (κ1) is 29.2. The molecule has 9 heteroatoms. The monoisotopic (exact) mass is 555 g/mol. The number of anilines is 1. The minimum atomic E-state index is -4.12. The van der Waals surface area contributed by atoms with E-state index in [1.54, 1.807) is 36.4 Å². The van der Waals surface area contributed by atoms with Crippen LogP contribution in [-0.2, 0) is 26.0 Å². The van der Waals surface area contributed by atoms with Crippen LogP contribution >= 0.6 is 11.6 Å². The molecule has 0 aromatic heterocycles. The van der Waals surface area contributed by atoms with Gasteiger partial charge in [0.15, 0.2) is 0 Å². The van der Waals surface area contributed by atoms with E-state index in [0.717, 1.165) is 15.4 Å². The predicted octanol–water partition coefficient (Wildman–Crippen LogP) is 4.83. The Kier molecular flexibility index (Phi) is 10.3. The van der Waals surface area contributed by atoms with E-state index < -0.39 is 28.5 Å². The standard InChI is InChI=1S/C29H34ClN3O4S/c1-4-27(29(35)31-5-2)32(19-18-23-12-8-6-9-13-23)28(34)21-33(24-17-16-22(3)26(30)20-24)38(36,37)25-14-10-7-11-15-25/h6-17,20,27H,4-5,18-19,21H2,1-3H3,(H,31,35). The molecule has 0 aliphatic heterocycles. The van der Waals surface area contributed by atoms with Crippen molar-refractivity contribution in [2.24, 2.45) is 0 Å². The van der Waals surface area contributed by atoms with Crippen LogP contribution in [-0.4, -0.2) is 50.8 Å². The number of halogens is 1. The molecular weight excluding hydrogens is 522 g/mol. The van der Waals surface area contributed by atoms with Gasteiger partial charge in [-0.15, -0.1) is 0 Å². The van der Waals surface area contributed by atoms with Gasteiger partial charge in [0.05, 0.1) is 10.6 Å². The number of hydrogen-bond donors (Lipinski definition) is 1. The first-order chi connectivity index (χ1) is 18.2. The number of aryl methyl sites for hydroxylation is 1. The second-order valence-electron chi connectivity index (χ2n) is 8.90. The second kappa shape index (κ2) is 13.4. The zero-order valence-corrected chi connectivity index (χ0v) is 23.5. The summed E-state index contributed by atoms with van der Waals surface area (Å²) in [5, 5.41) is 3.19. The number of sulfonamides is 1. The number of amides is 2. The highest BCUT2D eigenvalue weighted by Gasteiger charge is 2.33. The lowest BCUT2D eigenvalue weighted by molar-refractivity contribution is -0.139. The number of likely N-dealkylation sites (N-methyl/N-ethyl adjacent to an activating group) is 1. The maximum Gasteiger partial charge on any atom is 0.264 e. The van der Waals surface area contributed by atoms with Gasteiger partial charge < -0.3 is 10.2 Å². The van der Waals surface area contributed by atoms with Crippen molar-refractivity contribution in [1.82, 2.24) is 10.2 Å². The Morgan fingerprint density at radius 3 is 2.16 bits per heavy atom. The molecule has 0 radical (unpaired) electrons. The fraction of sp³-hybridized carbons (Fsp3) is 0.310. The molecule has 2 amide bonds. The molecule has 0 fully saturated rings. The minimum absolute atomic E-state index is 0.0519. The van der Waals surface area contributed by atoms with Crippen LogP contribution in [0.2, 0.25) is 5.02 Å². The fourth-order valence-electron chi connectivity index (χ4n) is 4.17. The summed E-state index contributed by atoms with van der Waals surface area (Å²) in [5.74, 6) is -0.748. The summed E-state index contributed by atoms with van der Waals surface area (Å²) < 4.78 is 28.6. The molecule has 1 atom stereocenters. The summed E-state index contributed by atoms with van der Waals surface area (Å²) in [5.41, 5.74) is 2.06. The van der Waals surface area contributed by atoms with Crippen molar-refractivity contribution in [2.75, 3.05) is 23.9 Å². The fourth-order valence-corrected chi connectivity index (χ4v) is 5.78. The van der Waals surface area contributed by atoms with Crippen molar-refractivity contribution in [2.45, 2.75) is 44.6 Å². The van der Waals surface area contributed by atoms with E-state index in [2.05, 4.69) is 5.32 Å². The number of carbonyl (C=O) groups is 2. The van der Waals surface area contributed by atoms with Crippen molar-refractivity contribution in [3.63, 3.8) is 0 Å². The molecule has 202 valence electrons. The average molecular weight is 556 g/mol. The summed E-state index contributed by atoms with van der Waals surface area (Å²) in [4.78, 5) is 28.4. The number of nitrogens with zero attached hydrogens (tertiary/aromatic N) is 2. The van der Waals surface area contributed by atoms with E-state index in [9.17, 15) is 18.0 Å². The zero-order chi connectivity index (χ0) is 27.7. The van der Waals surface area contributed by atoms with Crippen molar-refractivity contribution < 1.29 is 18.0 Å². The highest BCUT2D eigenvalue weighted by Crippen LogP contribution is 2.28. The largest absolute Gasteiger partial charge is 0.355 e. The third-order valence-electron chi connectivity index (χ3n) is 6.27. The molecule has 0 bridgehead atoms. The second-order valence-corrected chi connectivity index (χ2v) is 11.2. The average Bonchev–Trinajstić information content (AvgIpc) is 2.92. The van der Waals surface area contributed by atoms with E-state index in [4.69, 9.17) is 11.6 Å². The summed E-state index contributed by atoms with van der Waals surface area (Å²) in [6.45, 7) is 5.66. The predicted molar refractivity (Wildman–Crippen MR) is 152 cm³/mol. The molecule has 0 aliphatic carbocycles. The Morgan fingerprint density at radius 2 is 1.58 bits per heavy atom. The molecule has 7 nitrogen and oxygen atoms in total. The van der Waals surface area contributed by atoms with E-state index in [-0.39, 0.29) is 23.0 Å². The summed E-state index contributed by atoms with van der Waals surface area (Å²) >= 11 is 6.35. The molecule has 3 aromatic rings. The van der Waals surface area contributed by atoms with Crippen molar-refractivity contribution in [3.05, 3.63) is 95.0 Å². The minimum Gasteiger partial charge on any atom is -0.355 e. The Balaban J connectivity index is 2.01. The Bertz CT molecular complexity index is 1330. The lowest BCUT2D eigenvalue weighted by Gasteiger charge is -2.33. The molecule has 1 unspecified atom stereocenters. The van der Waals surface area contributed by atoms with Gasteiger partial charge in [0.25, 0.3) is 10.0 Å². The number of benzene rings is 3. The van der Waals surface area contributed by atoms with Gasteiger partial charge in [0.2, 0.25) is 11.8 Å². The maximum absolute atomic E-state index is 13.9. The first-order valence-corrected chi connectivity index (χ1v) is 14.5. The van der Waals surface area contributed by atoms with Gasteiger partial charge in [0, 0.05) is 18.1 Å². The molecule has 0 aliphatic rings. The molecular formula is C29H34ClN3O4S. The SMILES string of the molecule is CCNC(=O)C(CC)N(CCc1ccccc1)C(=O)CN(c1ccc(C)c(Cl)c1)S(=O)(=O)c1ccccc1. The molecule has 3 aromatic carbocycles. The highest BCUT2D eigenvalue weighted by atomic mass is 35.5. The summed E-state index contributed by atoms with van der Waals surface area (Å²) in [6, 6.07) is 21.7. The van der Waals surface area contributed by atoms with Gasteiger partial charge >= 0.3 is 0 Å². The van der Waals surface area contributed by atoms with E-state index in [0.29, 0.717) is 24.4 Å². The molecule has 0 saturated carbocycles. The van der Waals surface area contributed by atoms with Crippen LogP contribution in [0.3, 0.4) is 0 Å². The van der Waals surface area contributed by atoms with Crippen LogP contribution in [0.25, 0.3) is 0 Å². The molecule has 1 N–H and O–H groups in total. The van der Waals surface area contributed by atoms with Crippen LogP contribution in [0, 0.1) is 6.92 Å². The molecule has 0 saturated heterocycles. The number of hydrogen-bond acceptors (Lipinski definition) is 4. The molecule has 0 heterocycles. The first-order valence-electron chi connectivity index (χ1n) is 12.6. The topological polar surface area (TPSA) is 86.8 Å². The van der Waals surface area contributed by atoms with Crippen molar-refractivity contribution in [1.29, 1.82) is 0 Å². The van der Waals surface area contributed by atoms with E-state index in [1.165, 1.54) is 17.0 Å². The van der Waals surface area contributed by atoms with E-state index in [1.807, 2.05) is 51.1 Å². The lowest BCUT2D eigenvalue weighted by atomic mass is 10.1. The van der Waals surface area contributed by atoms with Crippen LogP contribution in [0.1, 0.15) is 31.4 Å². The normalized spacial score (nSPS) is 12.0. The van der Waals surface area contributed by atoms with Gasteiger partial charge in [-0.2, -0.15) is 0 Å². The van der Waals surface area contributed by atoms with Gasteiger partial charge in [-0.05, 0) is 62.1 Å². The van der Waals surface area contributed by atoms with Crippen LogP contribution < -0.4 is 9.62 Å². The summed E-state index contributed by atoms with van der Waals surface area (Å²) in [7, 11) is -4.12. The maximum atomic E-state index is 13.9. The quantitative estimate of drug-likeness (QED) is 0.347. The third-order valence-corrected chi connectivity index (χ3v) is 8.47. The lowest BCUT2D eigenvalue weighted by Crippen LogP contribution is -2.53. The molecule has 0 spiro atoms. The Hall–Kier alpha value is -3.36.